The van der Waals surface area contributed by atoms with Gasteiger partial charge in [0, 0.05) is 12.7 Å². The summed E-state index contributed by atoms with van der Waals surface area (Å²) in [5.74, 6) is -4.30. The fraction of sp³-hybridized carbons (Fsp3) is 0.222. The third-order valence-corrected chi connectivity index (χ3v) is 1.75. The van der Waals surface area contributed by atoms with Gasteiger partial charge < -0.3 is 9.53 Å². The summed E-state index contributed by atoms with van der Waals surface area (Å²) in [6.45, 7) is 0. The van der Waals surface area contributed by atoms with Gasteiger partial charge in [0.25, 0.3) is 0 Å². The van der Waals surface area contributed by atoms with Gasteiger partial charge in [-0.05, 0) is 12.1 Å². The number of hydrogen-bond acceptors (Lipinski definition) is 2. The van der Waals surface area contributed by atoms with Gasteiger partial charge in [0.15, 0.2) is 23.7 Å². The van der Waals surface area contributed by atoms with Crippen molar-refractivity contribution >= 4 is 6.29 Å². The summed E-state index contributed by atoms with van der Waals surface area (Å²) in [5.41, 5.74) is -0.318. The van der Waals surface area contributed by atoms with E-state index in [1.807, 2.05) is 0 Å². The molecule has 0 N–H and O–H groups in total. The first kappa shape index (κ1) is 10.7. The van der Waals surface area contributed by atoms with Crippen molar-refractivity contribution in [3.05, 3.63) is 35.1 Å². The van der Waals surface area contributed by atoms with Gasteiger partial charge >= 0.3 is 0 Å². The molecule has 1 aromatic carbocycles. The molecule has 0 saturated carbocycles. The second-order valence-electron chi connectivity index (χ2n) is 2.56. The summed E-state index contributed by atoms with van der Waals surface area (Å²) in [4.78, 5) is 10.4. The number of methoxy groups -OCH3 is 1. The number of carbonyl (C=O) groups is 1. The number of rotatable bonds is 3. The maximum atomic E-state index is 13.0. The number of aldehydes is 1. The topological polar surface area (TPSA) is 26.3 Å². The Morgan fingerprint density at radius 2 is 1.93 bits per heavy atom. The summed E-state index contributed by atoms with van der Waals surface area (Å²) in [5, 5.41) is 0. The van der Waals surface area contributed by atoms with Gasteiger partial charge in [-0.2, -0.15) is 0 Å². The molecule has 0 aliphatic heterocycles. The van der Waals surface area contributed by atoms with E-state index in [4.69, 9.17) is 0 Å². The van der Waals surface area contributed by atoms with E-state index in [9.17, 15) is 18.0 Å². The highest BCUT2D eigenvalue weighted by atomic mass is 19.2. The first-order valence-corrected chi connectivity index (χ1v) is 3.73. The normalized spacial score (nSPS) is 12.6. The Bertz CT molecular complexity index is 352. The Kier molecular flexibility index (Phi) is 3.24. The van der Waals surface area contributed by atoms with E-state index in [0.717, 1.165) is 12.1 Å². The number of carbonyl (C=O) groups excluding carboxylic acids is 1. The molecule has 0 spiro atoms. The van der Waals surface area contributed by atoms with Gasteiger partial charge in [-0.3, -0.25) is 0 Å². The lowest BCUT2D eigenvalue weighted by atomic mass is 10.1. The van der Waals surface area contributed by atoms with Crippen molar-refractivity contribution in [1.29, 1.82) is 0 Å². The van der Waals surface area contributed by atoms with E-state index in [0.29, 0.717) is 6.29 Å². The zero-order valence-corrected chi connectivity index (χ0v) is 7.26. The predicted molar refractivity (Wildman–Crippen MR) is 42.1 cm³/mol. The molecule has 0 aromatic heterocycles. The molecule has 0 aliphatic carbocycles. The molecule has 2 nitrogen and oxygen atoms in total. The van der Waals surface area contributed by atoms with Gasteiger partial charge in [-0.1, -0.05) is 0 Å². The van der Waals surface area contributed by atoms with Crippen LogP contribution in [0.2, 0.25) is 0 Å². The summed E-state index contributed by atoms with van der Waals surface area (Å²) < 4.78 is 42.8. The van der Waals surface area contributed by atoms with Crippen molar-refractivity contribution in [2.75, 3.05) is 7.11 Å². The minimum absolute atomic E-state index is 0.301. The van der Waals surface area contributed by atoms with E-state index in [2.05, 4.69) is 4.74 Å². The average Bonchev–Trinajstić information content (AvgIpc) is 2.19. The molecule has 1 atom stereocenters. The monoisotopic (exact) mass is 204 g/mol. The van der Waals surface area contributed by atoms with Crippen LogP contribution >= 0.6 is 0 Å². The molecule has 1 aromatic rings. The number of ether oxygens (including phenoxy) is 1. The van der Waals surface area contributed by atoms with Crippen LogP contribution in [0, 0.1) is 17.5 Å². The molecule has 0 radical (unpaired) electrons. The first-order chi connectivity index (χ1) is 6.61. The first-order valence-electron chi connectivity index (χ1n) is 3.73. The molecule has 5 heteroatoms. The molecule has 76 valence electrons. The lowest BCUT2D eigenvalue weighted by molar-refractivity contribution is -0.116. The van der Waals surface area contributed by atoms with E-state index >= 15 is 0 Å². The van der Waals surface area contributed by atoms with Crippen LogP contribution in [-0.2, 0) is 9.53 Å². The molecule has 0 fully saturated rings. The summed E-state index contributed by atoms with van der Waals surface area (Å²) >= 11 is 0. The third kappa shape index (κ3) is 1.77. The molecule has 0 bridgehead atoms. The maximum Gasteiger partial charge on any atom is 0.194 e. The predicted octanol–water partition coefficient (Wildman–Crippen LogP) is 1.99. The lowest BCUT2D eigenvalue weighted by Gasteiger charge is -2.09. The number of halogens is 3. The molecule has 0 amide bonds. The Labute approximate surface area is 78.3 Å². The molecule has 14 heavy (non-hydrogen) atoms. The van der Waals surface area contributed by atoms with Crippen LogP contribution in [0.4, 0.5) is 13.2 Å². The second kappa shape index (κ2) is 4.23. The van der Waals surface area contributed by atoms with Crippen LogP contribution in [0.3, 0.4) is 0 Å². The Balaban J connectivity index is 3.22. The van der Waals surface area contributed by atoms with Crippen molar-refractivity contribution in [1.82, 2.24) is 0 Å². The maximum absolute atomic E-state index is 13.0. The van der Waals surface area contributed by atoms with E-state index in [1.54, 1.807) is 0 Å². The smallest absolute Gasteiger partial charge is 0.194 e. The quantitative estimate of drug-likeness (QED) is 0.556. The van der Waals surface area contributed by atoms with E-state index < -0.39 is 23.6 Å². The van der Waals surface area contributed by atoms with Gasteiger partial charge in [0.1, 0.15) is 6.10 Å². The Hall–Kier alpha value is -1.36. The highest BCUT2D eigenvalue weighted by molar-refractivity contribution is 5.60. The fourth-order valence-corrected chi connectivity index (χ4v) is 1.02. The Morgan fingerprint density at radius 1 is 1.29 bits per heavy atom. The second-order valence-corrected chi connectivity index (χ2v) is 2.56. The van der Waals surface area contributed by atoms with Gasteiger partial charge in [-0.25, -0.2) is 13.2 Å². The number of hydrogen-bond donors (Lipinski definition) is 0. The van der Waals surface area contributed by atoms with Crippen LogP contribution in [-0.4, -0.2) is 13.4 Å². The molecular formula is C9H7F3O2. The molecular weight excluding hydrogens is 197 g/mol. The van der Waals surface area contributed by atoms with Gasteiger partial charge in [0.2, 0.25) is 0 Å². The average molecular weight is 204 g/mol. The molecule has 0 heterocycles. The summed E-state index contributed by atoms with van der Waals surface area (Å²) in [6.07, 6.45) is -0.916. The third-order valence-electron chi connectivity index (χ3n) is 1.75. The van der Waals surface area contributed by atoms with Crippen LogP contribution in [0.15, 0.2) is 12.1 Å². The van der Waals surface area contributed by atoms with E-state index in [1.165, 1.54) is 7.11 Å². The zero-order chi connectivity index (χ0) is 10.7. The fourth-order valence-electron chi connectivity index (χ4n) is 1.02. The van der Waals surface area contributed by atoms with Gasteiger partial charge in [0.05, 0.1) is 0 Å². The lowest BCUT2D eigenvalue weighted by Crippen LogP contribution is -2.07. The van der Waals surface area contributed by atoms with Crippen LogP contribution in [0.5, 0.6) is 0 Å². The highest BCUT2D eigenvalue weighted by Gasteiger charge is 2.19. The van der Waals surface area contributed by atoms with Crippen molar-refractivity contribution in [3.63, 3.8) is 0 Å². The summed E-state index contributed by atoms with van der Waals surface area (Å²) in [7, 11) is 1.17. The van der Waals surface area contributed by atoms with E-state index in [-0.39, 0.29) is 5.56 Å². The molecule has 0 unspecified atom stereocenters. The Morgan fingerprint density at radius 3 is 2.43 bits per heavy atom. The van der Waals surface area contributed by atoms with Crippen molar-refractivity contribution < 1.29 is 22.7 Å². The molecule has 0 aliphatic rings. The minimum atomic E-state index is -1.61. The van der Waals surface area contributed by atoms with Crippen molar-refractivity contribution in [2.24, 2.45) is 0 Å². The van der Waals surface area contributed by atoms with Crippen LogP contribution in [0.1, 0.15) is 11.7 Å². The van der Waals surface area contributed by atoms with Gasteiger partial charge in [-0.15, -0.1) is 0 Å². The van der Waals surface area contributed by atoms with Crippen LogP contribution in [0.25, 0.3) is 0 Å². The van der Waals surface area contributed by atoms with Crippen molar-refractivity contribution in [2.45, 2.75) is 6.10 Å². The number of benzene rings is 1. The summed E-state index contributed by atoms with van der Waals surface area (Å²) in [6, 6.07) is 1.71. The van der Waals surface area contributed by atoms with Crippen LogP contribution < -0.4 is 0 Å². The largest absolute Gasteiger partial charge is 0.369 e. The minimum Gasteiger partial charge on any atom is -0.369 e. The highest BCUT2D eigenvalue weighted by Crippen LogP contribution is 2.21. The molecule has 1 rings (SSSR count). The van der Waals surface area contributed by atoms with Crippen molar-refractivity contribution in [3.8, 4) is 0 Å². The SMILES string of the molecule is CO[C@H](C=O)c1ccc(F)c(F)c1F. The zero-order valence-electron chi connectivity index (χ0n) is 7.26. The molecule has 0 saturated heterocycles. The standard InChI is InChI=1S/C9H7F3O2/c1-14-7(4-13)5-2-3-6(10)9(12)8(5)11/h2-4,7H,1H3/t7-/m1/s1.